The number of nitrogens with one attached hydrogen (secondary N) is 2. The van der Waals surface area contributed by atoms with Crippen LogP contribution < -0.4 is 0 Å². The third-order valence-corrected chi connectivity index (χ3v) is 6.08. The minimum Gasteiger partial charge on any atom is -0.506 e. The van der Waals surface area contributed by atoms with Crippen LogP contribution in [0.15, 0.2) is 55.1 Å². The van der Waals surface area contributed by atoms with Crippen LogP contribution in [0.25, 0.3) is 55.3 Å². The number of nitrogens with zero attached hydrogens (tertiary/aromatic N) is 5. The summed E-state index contributed by atoms with van der Waals surface area (Å²) >= 11 is 1.69. The van der Waals surface area contributed by atoms with E-state index in [4.69, 9.17) is 4.98 Å². The lowest BCUT2D eigenvalue weighted by molar-refractivity contribution is 0.473. The van der Waals surface area contributed by atoms with Crippen molar-refractivity contribution in [2.24, 2.45) is 0 Å². The molecule has 0 aliphatic rings. The molecule has 0 spiro atoms. The van der Waals surface area contributed by atoms with E-state index in [1.54, 1.807) is 36.0 Å². The summed E-state index contributed by atoms with van der Waals surface area (Å²) < 4.78 is 0. The molecule has 31 heavy (non-hydrogen) atoms. The third-order valence-electron chi connectivity index (χ3n) is 5.07. The van der Waals surface area contributed by atoms with Gasteiger partial charge in [0.1, 0.15) is 22.7 Å². The predicted octanol–water partition coefficient (Wildman–Crippen LogP) is 4.70. The number of hydrogen-bond acceptors (Lipinski definition) is 7. The number of H-pyrrole nitrogens is 2. The summed E-state index contributed by atoms with van der Waals surface area (Å²) in [6.45, 7) is 2.08. The molecule has 0 unspecified atom stereocenters. The number of aromatic hydroxyl groups is 1. The first kappa shape index (κ1) is 17.7. The molecule has 0 saturated heterocycles. The lowest BCUT2D eigenvalue weighted by Gasteiger charge is -2.02. The Morgan fingerprint density at radius 2 is 1.87 bits per heavy atom. The van der Waals surface area contributed by atoms with E-state index >= 15 is 0 Å². The highest BCUT2D eigenvalue weighted by molar-refractivity contribution is 7.15. The van der Waals surface area contributed by atoms with Gasteiger partial charge in [-0.3, -0.25) is 15.1 Å². The van der Waals surface area contributed by atoms with Gasteiger partial charge in [-0.1, -0.05) is 0 Å². The fourth-order valence-electron chi connectivity index (χ4n) is 3.62. The second kappa shape index (κ2) is 6.71. The lowest BCUT2D eigenvalue weighted by Crippen LogP contribution is -1.85. The molecule has 0 radical (unpaired) electrons. The Hall–Kier alpha value is -4.11. The van der Waals surface area contributed by atoms with Crippen molar-refractivity contribution in [1.82, 2.24) is 35.1 Å². The maximum Gasteiger partial charge on any atom is 0.159 e. The smallest absolute Gasteiger partial charge is 0.159 e. The third kappa shape index (κ3) is 2.94. The fourth-order valence-corrected chi connectivity index (χ4v) is 4.48. The molecular formula is C22H15N7OS. The van der Waals surface area contributed by atoms with Crippen molar-refractivity contribution in [3.8, 4) is 39.0 Å². The summed E-state index contributed by atoms with van der Waals surface area (Å²) in [6, 6.07) is 9.68. The van der Waals surface area contributed by atoms with Crippen LogP contribution in [0.5, 0.6) is 5.75 Å². The first-order chi connectivity index (χ1) is 15.2. The van der Waals surface area contributed by atoms with Crippen molar-refractivity contribution in [1.29, 1.82) is 0 Å². The van der Waals surface area contributed by atoms with Crippen LogP contribution in [-0.4, -0.2) is 40.2 Å². The standard InChI is InChI=1S/C22H15N7OS/c1-11-2-3-17(31-11)20-19-16(4-5-24-20)26-22(27-19)18-15-7-13(9-25-21(15)29-28-18)12-6-14(30)10-23-8-12/h2-10,30H,1H3,(H,26,27)(H,25,28,29). The zero-order valence-electron chi connectivity index (χ0n) is 16.3. The van der Waals surface area contributed by atoms with Gasteiger partial charge in [0.05, 0.1) is 22.0 Å². The van der Waals surface area contributed by atoms with E-state index in [0.29, 0.717) is 17.2 Å². The van der Waals surface area contributed by atoms with Gasteiger partial charge in [0.15, 0.2) is 11.5 Å². The first-order valence-corrected chi connectivity index (χ1v) is 10.4. The molecule has 0 saturated carbocycles. The number of pyridine rings is 3. The van der Waals surface area contributed by atoms with Gasteiger partial charge in [-0.15, -0.1) is 11.3 Å². The van der Waals surface area contributed by atoms with Crippen LogP contribution in [0.2, 0.25) is 0 Å². The summed E-state index contributed by atoms with van der Waals surface area (Å²) in [5, 5.41) is 18.0. The lowest BCUT2D eigenvalue weighted by atomic mass is 10.1. The van der Waals surface area contributed by atoms with Gasteiger partial charge < -0.3 is 10.1 Å². The van der Waals surface area contributed by atoms with Gasteiger partial charge in [-0.2, -0.15) is 5.10 Å². The zero-order chi connectivity index (χ0) is 20.9. The van der Waals surface area contributed by atoms with Gasteiger partial charge in [0, 0.05) is 34.6 Å². The number of aromatic amines is 2. The molecule has 0 amide bonds. The monoisotopic (exact) mass is 425 g/mol. The van der Waals surface area contributed by atoms with Crippen LogP contribution in [0, 0.1) is 6.92 Å². The van der Waals surface area contributed by atoms with Crippen LogP contribution in [0.1, 0.15) is 4.88 Å². The number of aryl methyl sites for hydroxylation is 1. The summed E-state index contributed by atoms with van der Waals surface area (Å²) in [5.41, 5.74) is 5.46. The topological polar surface area (TPSA) is 116 Å². The Labute approximate surface area is 179 Å². The quantitative estimate of drug-likeness (QED) is 0.378. The number of rotatable bonds is 3. The second-order valence-electron chi connectivity index (χ2n) is 7.18. The minimum atomic E-state index is 0.103. The van der Waals surface area contributed by atoms with Crippen molar-refractivity contribution in [2.45, 2.75) is 6.92 Å². The van der Waals surface area contributed by atoms with E-state index < -0.39 is 0 Å². The molecule has 0 aromatic carbocycles. The van der Waals surface area contributed by atoms with Gasteiger partial charge in [0.2, 0.25) is 0 Å². The van der Waals surface area contributed by atoms with E-state index in [2.05, 4.69) is 49.2 Å². The largest absolute Gasteiger partial charge is 0.506 e. The minimum absolute atomic E-state index is 0.103. The Morgan fingerprint density at radius 3 is 2.71 bits per heavy atom. The van der Waals surface area contributed by atoms with Gasteiger partial charge >= 0.3 is 0 Å². The van der Waals surface area contributed by atoms with E-state index in [1.807, 2.05) is 12.1 Å². The molecule has 6 rings (SSSR count). The van der Waals surface area contributed by atoms with Crippen molar-refractivity contribution >= 4 is 33.4 Å². The average Bonchev–Trinajstić information content (AvgIpc) is 3.50. The van der Waals surface area contributed by atoms with E-state index in [0.717, 1.165) is 38.1 Å². The fraction of sp³-hybridized carbons (Fsp3) is 0.0455. The molecule has 0 fully saturated rings. The Balaban J connectivity index is 1.51. The second-order valence-corrected chi connectivity index (χ2v) is 8.46. The Morgan fingerprint density at radius 1 is 0.968 bits per heavy atom. The van der Waals surface area contributed by atoms with Gasteiger partial charge in [-0.25, -0.2) is 9.97 Å². The highest BCUT2D eigenvalue weighted by atomic mass is 32.1. The molecule has 0 aliphatic carbocycles. The maximum absolute atomic E-state index is 9.76. The van der Waals surface area contributed by atoms with Gasteiger partial charge in [-0.05, 0) is 37.3 Å². The molecule has 6 heterocycles. The molecule has 0 bridgehead atoms. The summed E-state index contributed by atoms with van der Waals surface area (Å²) in [6.07, 6.45) is 6.59. The highest BCUT2D eigenvalue weighted by Crippen LogP contribution is 2.34. The molecule has 9 heteroatoms. The number of imidazole rings is 1. The molecule has 0 aliphatic heterocycles. The van der Waals surface area contributed by atoms with Gasteiger partial charge in [0.25, 0.3) is 0 Å². The first-order valence-electron chi connectivity index (χ1n) is 9.56. The van der Waals surface area contributed by atoms with Crippen LogP contribution in [-0.2, 0) is 0 Å². The summed E-state index contributed by atoms with van der Waals surface area (Å²) in [4.78, 5) is 23.6. The van der Waals surface area contributed by atoms with E-state index in [1.165, 1.54) is 11.1 Å². The van der Waals surface area contributed by atoms with Crippen LogP contribution in [0.4, 0.5) is 0 Å². The highest BCUT2D eigenvalue weighted by Gasteiger charge is 2.17. The molecule has 6 aromatic heterocycles. The number of aromatic nitrogens is 7. The van der Waals surface area contributed by atoms with Crippen LogP contribution in [0.3, 0.4) is 0 Å². The normalized spacial score (nSPS) is 11.5. The maximum atomic E-state index is 9.76. The van der Waals surface area contributed by atoms with Crippen molar-refractivity contribution in [3.05, 3.63) is 60.0 Å². The Bertz CT molecular complexity index is 1580. The van der Waals surface area contributed by atoms with Crippen molar-refractivity contribution in [3.63, 3.8) is 0 Å². The SMILES string of the molecule is Cc1ccc(-c2nccc3[nH]c(-c4n[nH]c5ncc(-c6cncc(O)c6)cc45)nc23)s1. The number of fused-ring (bicyclic) bond motifs is 2. The molecule has 150 valence electrons. The zero-order valence-corrected chi connectivity index (χ0v) is 17.1. The molecule has 0 atom stereocenters. The number of thiophene rings is 1. The van der Waals surface area contributed by atoms with E-state index in [-0.39, 0.29) is 5.75 Å². The summed E-state index contributed by atoms with van der Waals surface area (Å²) in [5.74, 6) is 0.739. The summed E-state index contributed by atoms with van der Waals surface area (Å²) in [7, 11) is 0. The average molecular weight is 425 g/mol. The molecule has 8 nitrogen and oxygen atoms in total. The van der Waals surface area contributed by atoms with Crippen molar-refractivity contribution in [2.75, 3.05) is 0 Å². The molecule has 3 N–H and O–H groups in total. The van der Waals surface area contributed by atoms with E-state index in [9.17, 15) is 5.11 Å². The molecule has 6 aromatic rings. The molecular weight excluding hydrogens is 410 g/mol. The predicted molar refractivity (Wildman–Crippen MR) is 120 cm³/mol. The number of hydrogen-bond donors (Lipinski definition) is 3. The van der Waals surface area contributed by atoms with Crippen molar-refractivity contribution < 1.29 is 5.11 Å². The van der Waals surface area contributed by atoms with Crippen LogP contribution >= 0.6 is 11.3 Å². The Kier molecular flexibility index (Phi) is 3.84.